The van der Waals surface area contributed by atoms with E-state index >= 15 is 0 Å². The van der Waals surface area contributed by atoms with Crippen molar-refractivity contribution in [2.45, 2.75) is 12.3 Å². The predicted octanol–water partition coefficient (Wildman–Crippen LogP) is 15.1. The SMILES string of the molecule is CC1(c2cccc3c2oc2c(N(c4ccc5c(c4)sc4ccccc45)c4ccc5c(c4)sc4ccccc45)cccc23)c2ccccc2-c2ccccc21. The van der Waals surface area contributed by atoms with Crippen molar-refractivity contribution < 1.29 is 4.42 Å². The highest BCUT2D eigenvalue weighted by Crippen LogP contribution is 2.55. The summed E-state index contributed by atoms with van der Waals surface area (Å²) >= 11 is 3.71. The van der Waals surface area contributed by atoms with Crippen LogP contribution in [0, 0.1) is 0 Å². The molecule has 0 radical (unpaired) electrons. The second-order valence-electron chi connectivity index (χ2n) is 14.5. The van der Waals surface area contributed by atoms with Gasteiger partial charge in [-0.2, -0.15) is 0 Å². The molecule has 0 bridgehead atoms. The normalized spacial score (nSPS) is 13.4. The average Bonchev–Trinajstić information content (AvgIpc) is 3.97. The lowest BCUT2D eigenvalue weighted by atomic mass is 9.74. The summed E-state index contributed by atoms with van der Waals surface area (Å²) in [5, 5.41) is 7.43. The van der Waals surface area contributed by atoms with Gasteiger partial charge in [0.2, 0.25) is 0 Å². The van der Waals surface area contributed by atoms with Crippen LogP contribution in [0.25, 0.3) is 73.4 Å². The molecule has 0 saturated heterocycles. The number of nitrogens with zero attached hydrogens (tertiary/aromatic N) is 1. The van der Waals surface area contributed by atoms with E-state index in [0.29, 0.717) is 0 Å². The Hall–Kier alpha value is -6.20. The minimum absolute atomic E-state index is 0.376. The van der Waals surface area contributed by atoms with Gasteiger partial charge in [0.25, 0.3) is 0 Å². The van der Waals surface area contributed by atoms with E-state index in [0.717, 1.165) is 39.0 Å². The van der Waals surface area contributed by atoms with E-state index in [1.807, 2.05) is 22.7 Å². The van der Waals surface area contributed by atoms with Crippen LogP contribution in [-0.2, 0) is 5.41 Å². The Bertz CT molecular complexity index is 3170. The highest BCUT2D eigenvalue weighted by molar-refractivity contribution is 7.26. The zero-order chi connectivity index (χ0) is 35.5. The summed E-state index contributed by atoms with van der Waals surface area (Å²) in [4.78, 5) is 2.40. The first-order valence-corrected chi connectivity index (χ1v) is 20.1. The van der Waals surface area contributed by atoms with E-state index in [1.54, 1.807) is 0 Å². The molecule has 4 heteroatoms. The average molecular weight is 726 g/mol. The molecule has 54 heavy (non-hydrogen) atoms. The monoisotopic (exact) mass is 725 g/mol. The number of hydrogen-bond acceptors (Lipinski definition) is 4. The van der Waals surface area contributed by atoms with Crippen LogP contribution in [0.3, 0.4) is 0 Å². The molecule has 0 saturated carbocycles. The van der Waals surface area contributed by atoms with Gasteiger partial charge in [0, 0.05) is 73.5 Å². The van der Waals surface area contributed by atoms with Crippen molar-refractivity contribution in [2.24, 2.45) is 0 Å². The quantitative estimate of drug-likeness (QED) is 0.180. The van der Waals surface area contributed by atoms with Gasteiger partial charge in [0.1, 0.15) is 5.58 Å². The van der Waals surface area contributed by atoms with Crippen LogP contribution in [0.4, 0.5) is 17.1 Å². The van der Waals surface area contributed by atoms with Crippen LogP contribution in [0.15, 0.2) is 174 Å². The Kier molecular flexibility index (Phi) is 6.26. The van der Waals surface area contributed by atoms with E-state index < -0.39 is 0 Å². The van der Waals surface area contributed by atoms with Crippen molar-refractivity contribution >= 4 is 102 Å². The first-order chi connectivity index (χ1) is 26.6. The molecule has 0 unspecified atom stereocenters. The molecule has 0 N–H and O–H groups in total. The van der Waals surface area contributed by atoms with Crippen LogP contribution in [-0.4, -0.2) is 0 Å². The molecule has 11 aromatic rings. The summed E-state index contributed by atoms with van der Waals surface area (Å²) < 4.78 is 12.4. The Balaban J connectivity index is 1.12. The maximum absolute atomic E-state index is 7.28. The lowest BCUT2D eigenvalue weighted by Crippen LogP contribution is -2.22. The van der Waals surface area contributed by atoms with Crippen molar-refractivity contribution in [1.82, 2.24) is 0 Å². The number of thiophene rings is 2. The van der Waals surface area contributed by atoms with Gasteiger partial charge in [-0.15, -0.1) is 22.7 Å². The summed E-state index contributed by atoms with van der Waals surface area (Å²) in [5.41, 5.74) is 11.1. The zero-order valence-corrected chi connectivity index (χ0v) is 31.0. The van der Waals surface area contributed by atoms with E-state index in [9.17, 15) is 0 Å². The number of para-hydroxylation sites is 2. The van der Waals surface area contributed by atoms with Crippen molar-refractivity contribution in [3.63, 3.8) is 0 Å². The van der Waals surface area contributed by atoms with Crippen LogP contribution >= 0.6 is 22.7 Å². The van der Waals surface area contributed by atoms with Crippen LogP contribution in [0.1, 0.15) is 23.6 Å². The molecule has 3 heterocycles. The van der Waals surface area contributed by atoms with Gasteiger partial charge in [-0.05, 0) is 71.6 Å². The van der Waals surface area contributed by atoms with Crippen molar-refractivity contribution in [3.05, 3.63) is 187 Å². The fraction of sp³-hybridized carbons (Fsp3) is 0.0400. The molecular weight excluding hydrogens is 695 g/mol. The number of anilines is 3. The maximum Gasteiger partial charge on any atom is 0.159 e. The second kappa shape index (κ2) is 11.2. The molecule has 8 aromatic carbocycles. The predicted molar refractivity (Wildman–Crippen MR) is 232 cm³/mol. The van der Waals surface area contributed by atoms with Crippen LogP contribution in [0.2, 0.25) is 0 Å². The van der Waals surface area contributed by atoms with Gasteiger partial charge < -0.3 is 9.32 Å². The molecule has 12 rings (SSSR count). The highest BCUT2D eigenvalue weighted by atomic mass is 32.1. The third-order valence-corrected chi connectivity index (χ3v) is 14.0. The van der Waals surface area contributed by atoms with Gasteiger partial charge in [-0.25, -0.2) is 0 Å². The Morgan fingerprint density at radius 3 is 1.48 bits per heavy atom. The van der Waals surface area contributed by atoms with Crippen LogP contribution in [0.5, 0.6) is 0 Å². The van der Waals surface area contributed by atoms with E-state index in [2.05, 4.69) is 182 Å². The fourth-order valence-electron chi connectivity index (χ4n) is 9.25. The highest BCUT2D eigenvalue weighted by Gasteiger charge is 2.42. The number of hydrogen-bond donors (Lipinski definition) is 0. The summed E-state index contributed by atoms with van der Waals surface area (Å²) in [5.74, 6) is 0. The van der Waals surface area contributed by atoms with E-state index in [-0.39, 0.29) is 5.41 Å². The lowest BCUT2D eigenvalue weighted by Gasteiger charge is -2.28. The number of benzene rings is 8. The minimum Gasteiger partial charge on any atom is -0.454 e. The first-order valence-electron chi connectivity index (χ1n) is 18.4. The third kappa shape index (κ3) is 4.10. The van der Waals surface area contributed by atoms with Crippen molar-refractivity contribution in [2.75, 3.05) is 4.90 Å². The van der Waals surface area contributed by atoms with Gasteiger partial charge in [-0.1, -0.05) is 127 Å². The molecule has 254 valence electrons. The molecule has 0 atom stereocenters. The third-order valence-electron chi connectivity index (χ3n) is 11.7. The first kappa shape index (κ1) is 30.3. The standard InChI is InChI=1S/C50H31NOS2/c1-50(40-18-6-2-12-32(40)33-13-3-7-19-41(33)50)42-20-10-16-38-39-17-11-21-43(49(39)52-48(38)42)51(30-24-26-36-34-14-4-8-22-44(34)53-46(36)28-30)31-25-27-37-35-15-5-9-23-45(35)54-47(37)29-31/h2-29H,1H3. The summed E-state index contributed by atoms with van der Waals surface area (Å²) in [6.07, 6.45) is 0. The molecule has 3 aromatic heterocycles. The number of fused-ring (bicyclic) bond motifs is 12. The molecule has 1 aliphatic rings. The molecule has 1 aliphatic carbocycles. The number of rotatable bonds is 4. The summed E-state index contributed by atoms with van der Waals surface area (Å²) in [7, 11) is 0. The van der Waals surface area contributed by atoms with Gasteiger partial charge in [-0.3, -0.25) is 0 Å². The molecular formula is C50H31NOS2. The lowest BCUT2D eigenvalue weighted by molar-refractivity contribution is 0.638. The number of furan rings is 1. The summed E-state index contributed by atoms with van der Waals surface area (Å²) in [6, 6.07) is 62.3. The molecule has 0 aliphatic heterocycles. The van der Waals surface area contributed by atoms with E-state index in [1.165, 1.54) is 68.2 Å². The second-order valence-corrected chi connectivity index (χ2v) is 16.7. The zero-order valence-electron chi connectivity index (χ0n) is 29.3. The Morgan fingerprint density at radius 2 is 0.870 bits per heavy atom. The van der Waals surface area contributed by atoms with Crippen LogP contribution < -0.4 is 4.90 Å². The minimum atomic E-state index is -0.376. The van der Waals surface area contributed by atoms with Gasteiger partial charge >= 0.3 is 0 Å². The van der Waals surface area contributed by atoms with E-state index in [4.69, 9.17) is 4.42 Å². The molecule has 2 nitrogen and oxygen atoms in total. The Labute approximate surface area is 319 Å². The molecule has 0 spiro atoms. The Morgan fingerprint density at radius 1 is 0.407 bits per heavy atom. The largest absolute Gasteiger partial charge is 0.454 e. The van der Waals surface area contributed by atoms with Crippen molar-refractivity contribution in [1.29, 1.82) is 0 Å². The van der Waals surface area contributed by atoms with Gasteiger partial charge in [0.15, 0.2) is 5.58 Å². The maximum atomic E-state index is 7.28. The van der Waals surface area contributed by atoms with Gasteiger partial charge in [0.05, 0.1) is 5.69 Å². The molecule has 0 fully saturated rings. The smallest absolute Gasteiger partial charge is 0.159 e. The molecule has 0 amide bonds. The topological polar surface area (TPSA) is 16.4 Å². The fourth-order valence-corrected chi connectivity index (χ4v) is 11.5. The summed E-state index contributed by atoms with van der Waals surface area (Å²) in [6.45, 7) is 2.37. The van der Waals surface area contributed by atoms with Crippen molar-refractivity contribution in [3.8, 4) is 11.1 Å².